The Hall–Kier alpha value is -2.70. The molecule has 0 aliphatic heterocycles. The van der Waals surface area contributed by atoms with Gasteiger partial charge >= 0.3 is 18.3 Å². The first-order valence-electron chi connectivity index (χ1n) is 9.40. The van der Waals surface area contributed by atoms with Gasteiger partial charge in [-0.15, -0.1) is 23.2 Å². The first-order valence-corrected chi connectivity index (χ1v) is 10.5. The van der Waals surface area contributed by atoms with Gasteiger partial charge in [-0.05, 0) is 36.8 Å². The third kappa shape index (κ3) is 5.76. The van der Waals surface area contributed by atoms with Crippen molar-refractivity contribution >= 4 is 69.6 Å². The lowest BCUT2D eigenvalue weighted by Crippen LogP contribution is -2.41. The molecule has 0 aromatic heterocycles. The highest BCUT2D eigenvalue weighted by atomic mass is 35.5. The van der Waals surface area contributed by atoms with Gasteiger partial charge in [0.15, 0.2) is 5.82 Å². The second-order valence-electron chi connectivity index (χ2n) is 7.32. The Morgan fingerprint density at radius 2 is 1.66 bits per heavy atom. The molecule has 1 atom stereocenters. The van der Waals surface area contributed by atoms with E-state index in [4.69, 9.17) is 34.8 Å². The zero-order chi connectivity index (χ0) is 26.3. The van der Waals surface area contributed by atoms with E-state index in [1.165, 1.54) is 17.4 Å². The van der Waals surface area contributed by atoms with Gasteiger partial charge in [0.1, 0.15) is 15.8 Å². The summed E-state index contributed by atoms with van der Waals surface area (Å²) in [6, 6.07) is 4.59. The summed E-state index contributed by atoms with van der Waals surface area (Å²) in [7, 11) is 0. The van der Waals surface area contributed by atoms with E-state index in [0.717, 1.165) is 6.07 Å². The number of benzene rings is 2. The highest BCUT2D eigenvalue weighted by Crippen LogP contribution is 2.53. The van der Waals surface area contributed by atoms with Gasteiger partial charge in [-0.25, -0.2) is 17.6 Å². The lowest BCUT2D eigenvalue weighted by atomic mass is 10.1. The topological polar surface area (TPSA) is 87.3 Å². The van der Waals surface area contributed by atoms with Gasteiger partial charge < -0.3 is 16.0 Å². The van der Waals surface area contributed by atoms with Gasteiger partial charge in [-0.2, -0.15) is 8.78 Å². The van der Waals surface area contributed by atoms with Crippen LogP contribution < -0.4 is 16.0 Å². The molecule has 1 fully saturated rings. The van der Waals surface area contributed by atoms with Crippen molar-refractivity contribution in [3.8, 4) is 0 Å². The maximum absolute atomic E-state index is 14.7. The smallest absolute Gasteiger partial charge is 0.326 e. The average molecular weight is 563 g/mol. The molecular weight excluding hydrogens is 551 g/mol. The van der Waals surface area contributed by atoms with Gasteiger partial charge in [0.05, 0.1) is 22.2 Å². The summed E-state index contributed by atoms with van der Waals surface area (Å²) in [5.74, 6) is -13.3. The molecule has 1 aliphatic rings. The lowest BCUT2D eigenvalue weighted by molar-refractivity contribution is -0.163. The summed E-state index contributed by atoms with van der Waals surface area (Å²) in [5, 5.41) is 5.30. The number of nitrogens with one attached hydrogen (secondary N) is 3. The first kappa shape index (κ1) is 26.9. The highest BCUT2D eigenvalue weighted by molar-refractivity contribution is 6.52. The summed E-state index contributed by atoms with van der Waals surface area (Å²) in [4.78, 5) is 36.1. The molecule has 0 spiro atoms. The molecule has 15 heteroatoms. The molecule has 2 aromatic rings. The normalized spacial score (nSPS) is 16.6. The summed E-state index contributed by atoms with van der Waals surface area (Å²) < 4.78 is 78.6. The molecule has 0 radical (unpaired) electrons. The van der Waals surface area contributed by atoms with Crippen LogP contribution in [0.5, 0.6) is 0 Å². The van der Waals surface area contributed by atoms with Crippen molar-refractivity contribution in [2.24, 2.45) is 5.92 Å². The standard InChI is InChI=1S/C20H12Cl3F6N3O3/c21-10-2-1-7(30-16(34)9-6-19(9,22)23)5-8(10)15(33)32-14-11(24)3-4-12(13(14)25)31-18(35)20(28,29)17(26)27/h1-5,9,17H,6H2,(H,30,34)(H,31,35)(H,32,33)/t9-/m1/s1. The molecule has 0 bridgehead atoms. The fourth-order valence-corrected chi connectivity index (χ4v) is 3.46. The number of halogens is 9. The average Bonchev–Trinajstić information content (AvgIpc) is 3.42. The molecule has 3 amide bonds. The van der Waals surface area contributed by atoms with Crippen LogP contribution in [0.4, 0.5) is 43.4 Å². The number of rotatable bonds is 7. The van der Waals surface area contributed by atoms with Gasteiger partial charge in [-0.3, -0.25) is 14.4 Å². The largest absolute Gasteiger partial charge is 0.383 e. The zero-order valence-electron chi connectivity index (χ0n) is 16.9. The summed E-state index contributed by atoms with van der Waals surface area (Å²) in [5.41, 5.74) is -2.59. The van der Waals surface area contributed by atoms with Crippen LogP contribution in [0.1, 0.15) is 16.8 Å². The third-order valence-electron chi connectivity index (χ3n) is 4.78. The first-order chi connectivity index (χ1) is 16.1. The van der Waals surface area contributed by atoms with E-state index >= 15 is 0 Å². The summed E-state index contributed by atoms with van der Waals surface area (Å²) in [6.07, 6.45) is -4.18. The number of hydrogen-bond acceptors (Lipinski definition) is 3. The lowest BCUT2D eigenvalue weighted by Gasteiger charge is -2.17. The molecule has 0 saturated heterocycles. The van der Waals surface area contributed by atoms with Crippen LogP contribution in [0.25, 0.3) is 0 Å². The van der Waals surface area contributed by atoms with E-state index in [2.05, 4.69) is 5.32 Å². The molecule has 1 saturated carbocycles. The molecule has 3 rings (SSSR count). The minimum absolute atomic E-state index is 0.0665. The van der Waals surface area contributed by atoms with Gasteiger partial charge in [0.2, 0.25) is 5.91 Å². The van der Waals surface area contributed by atoms with Crippen LogP contribution in [0.2, 0.25) is 5.02 Å². The van der Waals surface area contributed by atoms with Crippen LogP contribution in [0.3, 0.4) is 0 Å². The van der Waals surface area contributed by atoms with Crippen molar-refractivity contribution < 1.29 is 40.7 Å². The predicted octanol–water partition coefficient (Wildman–Crippen LogP) is 5.84. The van der Waals surface area contributed by atoms with E-state index in [9.17, 15) is 40.7 Å². The van der Waals surface area contributed by atoms with Crippen molar-refractivity contribution in [3.63, 3.8) is 0 Å². The van der Waals surface area contributed by atoms with Crippen LogP contribution in [-0.2, 0) is 9.59 Å². The van der Waals surface area contributed by atoms with Crippen molar-refractivity contribution in [1.82, 2.24) is 0 Å². The number of amides is 3. The minimum Gasteiger partial charge on any atom is -0.326 e. The van der Waals surface area contributed by atoms with E-state index < -0.39 is 63.3 Å². The monoisotopic (exact) mass is 561 g/mol. The Morgan fingerprint density at radius 3 is 2.23 bits per heavy atom. The molecule has 3 N–H and O–H groups in total. The molecule has 188 valence electrons. The fourth-order valence-electron chi connectivity index (χ4n) is 2.75. The molecule has 6 nitrogen and oxygen atoms in total. The van der Waals surface area contributed by atoms with E-state index in [-0.39, 0.29) is 22.7 Å². The van der Waals surface area contributed by atoms with Crippen molar-refractivity contribution in [3.05, 3.63) is 52.6 Å². The molecule has 35 heavy (non-hydrogen) atoms. The molecule has 1 aliphatic carbocycles. The van der Waals surface area contributed by atoms with Gasteiger partial charge in [-0.1, -0.05) is 11.6 Å². The Kier molecular flexibility index (Phi) is 7.49. The maximum atomic E-state index is 14.7. The van der Waals surface area contributed by atoms with E-state index in [1.807, 2.05) is 5.32 Å². The Morgan fingerprint density at radius 1 is 1.03 bits per heavy atom. The quantitative estimate of drug-likeness (QED) is 0.293. The third-order valence-corrected chi connectivity index (χ3v) is 5.94. The van der Waals surface area contributed by atoms with Crippen LogP contribution >= 0.6 is 34.8 Å². The van der Waals surface area contributed by atoms with Crippen molar-refractivity contribution in [2.45, 2.75) is 23.1 Å². The minimum atomic E-state index is -5.16. The fraction of sp³-hybridized carbons (Fsp3) is 0.250. The van der Waals surface area contributed by atoms with E-state index in [1.54, 1.807) is 0 Å². The Balaban J connectivity index is 1.81. The maximum Gasteiger partial charge on any atom is 0.383 e. The van der Waals surface area contributed by atoms with E-state index in [0.29, 0.717) is 12.1 Å². The van der Waals surface area contributed by atoms with Crippen LogP contribution in [0, 0.1) is 17.6 Å². The second kappa shape index (κ2) is 9.75. The van der Waals surface area contributed by atoms with Crippen molar-refractivity contribution in [1.29, 1.82) is 0 Å². The summed E-state index contributed by atoms with van der Waals surface area (Å²) >= 11 is 17.6. The number of carbonyl (C=O) groups is 3. The van der Waals surface area contributed by atoms with Crippen molar-refractivity contribution in [2.75, 3.05) is 16.0 Å². The predicted molar refractivity (Wildman–Crippen MR) is 117 cm³/mol. The SMILES string of the molecule is O=C(Nc1c(F)ccc(NC(=O)C(F)(F)C(F)F)c1F)c1cc(NC(=O)[C@H]2CC2(Cl)Cl)ccc1Cl. The zero-order valence-corrected chi connectivity index (χ0v) is 19.1. The number of carbonyl (C=O) groups excluding carboxylic acids is 3. The molecule has 0 unspecified atom stereocenters. The van der Waals surface area contributed by atoms with Crippen LogP contribution in [0.15, 0.2) is 30.3 Å². The number of hydrogen-bond donors (Lipinski definition) is 3. The van der Waals surface area contributed by atoms with Crippen LogP contribution in [-0.4, -0.2) is 34.4 Å². The highest BCUT2D eigenvalue weighted by Gasteiger charge is 2.56. The number of anilines is 3. The second-order valence-corrected chi connectivity index (χ2v) is 9.27. The summed E-state index contributed by atoms with van der Waals surface area (Å²) in [6.45, 7) is 0. The molecular formula is C20H12Cl3F6N3O3. The molecule has 0 heterocycles. The van der Waals surface area contributed by atoms with Gasteiger partial charge in [0, 0.05) is 5.69 Å². The number of alkyl halides is 6. The molecule has 2 aromatic carbocycles. The Bertz CT molecular complexity index is 1210. The van der Waals surface area contributed by atoms with Gasteiger partial charge in [0.25, 0.3) is 5.91 Å². The Labute approximate surface area is 207 Å².